The quantitative estimate of drug-likeness (QED) is 0.663. The number of rotatable bonds is 8. The van der Waals surface area contributed by atoms with Crippen LogP contribution in [-0.2, 0) is 9.53 Å². The third-order valence-corrected chi connectivity index (χ3v) is 4.67. The number of fused-ring (bicyclic) bond motifs is 2. The van der Waals surface area contributed by atoms with Gasteiger partial charge in [-0.05, 0) is 43.4 Å². The van der Waals surface area contributed by atoms with Crippen molar-refractivity contribution in [2.45, 2.75) is 45.6 Å². The Morgan fingerprint density at radius 3 is 2.74 bits per heavy atom. The monoisotopic (exact) mass is 269 g/mol. The predicted octanol–water partition coefficient (Wildman–Crippen LogP) is 2.14. The Morgan fingerprint density at radius 2 is 2.05 bits per heavy atom. The maximum absolute atomic E-state index is 11.3. The van der Waals surface area contributed by atoms with Crippen molar-refractivity contribution in [2.75, 3.05) is 19.8 Å². The lowest BCUT2D eigenvalue weighted by atomic mass is 9.84. The molecule has 2 aliphatic rings. The van der Waals surface area contributed by atoms with Crippen molar-refractivity contribution in [1.82, 2.24) is 5.32 Å². The molecule has 0 aliphatic heterocycles. The fourth-order valence-electron chi connectivity index (χ4n) is 3.66. The van der Waals surface area contributed by atoms with E-state index < -0.39 is 5.97 Å². The van der Waals surface area contributed by atoms with Crippen LogP contribution < -0.4 is 5.32 Å². The van der Waals surface area contributed by atoms with E-state index in [0.29, 0.717) is 24.4 Å². The summed E-state index contributed by atoms with van der Waals surface area (Å²) in [6, 6.07) is 0.171. The molecule has 4 unspecified atom stereocenters. The van der Waals surface area contributed by atoms with Crippen molar-refractivity contribution in [3.8, 4) is 0 Å². The van der Waals surface area contributed by atoms with Crippen molar-refractivity contribution in [1.29, 1.82) is 0 Å². The lowest BCUT2D eigenvalue weighted by Crippen LogP contribution is -2.45. The second-order valence-corrected chi connectivity index (χ2v) is 6.47. The number of hydrogen-bond acceptors (Lipinski definition) is 3. The highest BCUT2D eigenvalue weighted by atomic mass is 16.5. The van der Waals surface area contributed by atoms with E-state index in [4.69, 9.17) is 4.74 Å². The minimum absolute atomic E-state index is 0.171. The van der Waals surface area contributed by atoms with Gasteiger partial charge >= 0.3 is 5.97 Å². The van der Waals surface area contributed by atoms with E-state index in [-0.39, 0.29) is 12.0 Å². The highest BCUT2D eigenvalue weighted by Crippen LogP contribution is 2.48. The van der Waals surface area contributed by atoms with Crippen molar-refractivity contribution in [2.24, 2.45) is 23.7 Å². The van der Waals surface area contributed by atoms with Gasteiger partial charge in [-0.2, -0.15) is 0 Å². The molecule has 0 radical (unpaired) electrons. The van der Waals surface area contributed by atoms with Gasteiger partial charge in [0.05, 0.1) is 12.5 Å². The summed E-state index contributed by atoms with van der Waals surface area (Å²) in [5.41, 5.74) is 0. The van der Waals surface area contributed by atoms with E-state index in [1.54, 1.807) is 0 Å². The Hall–Kier alpha value is -0.610. The normalized spacial score (nSPS) is 33.2. The maximum Gasteiger partial charge on any atom is 0.308 e. The number of carbonyl (C=O) groups is 1. The molecule has 0 amide bonds. The lowest BCUT2D eigenvalue weighted by Gasteiger charge is -2.29. The van der Waals surface area contributed by atoms with Crippen LogP contribution in [0, 0.1) is 23.7 Å². The summed E-state index contributed by atoms with van der Waals surface area (Å²) in [5, 5.41) is 12.8. The van der Waals surface area contributed by atoms with E-state index in [2.05, 4.69) is 19.2 Å². The number of ether oxygens (including phenoxy) is 1. The summed E-state index contributed by atoms with van der Waals surface area (Å²) >= 11 is 0. The third-order valence-electron chi connectivity index (χ3n) is 4.67. The molecule has 0 saturated heterocycles. The molecule has 0 aromatic carbocycles. The van der Waals surface area contributed by atoms with E-state index in [1.165, 1.54) is 6.42 Å². The lowest BCUT2D eigenvalue weighted by molar-refractivity contribution is -0.144. The Bertz CT molecular complexity index is 306. The van der Waals surface area contributed by atoms with Crippen LogP contribution in [0.5, 0.6) is 0 Å². The molecule has 4 atom stereocenters. The Kier molecular flexibility index (Phi) is 5.22. The van der Waals surface area contributed by atoms with Gasteiger partial charge in [-0.25, -0.2) is 0 Å². The molecule has 2 rings (SSSR count). The van der Waals surface area contributed by atoms with Gasteiger partial charge in [-0.1, -0.05) is 13.8 Å². The summed E-state index contributed by atoms with van der Waals surface area (Å²) < 4.78 is 5.57. The van der Waals surface area contributed by atoms with Gasteiger partial charge in [-0.15, -0.1) is 0 Å². The van der Waals surface area contributed by atoms with Gasteiger partial charge in [0.1, 0.15) is 0 Å². The molecule has 0 aromatic heterocycles. The summed E-state index contributed by atoms with van der Waals surface area (Å²) in [4.78, 5) is 11.3. The molecule has 2 saturated carbocycles. The first-order valence-electron chi connectivity index (χ1n) is 7.63. The number of aliphatic carboxylic acids is 1. The van der Waals surface area contributed by atoms with Crippen LogP contribution in [0.25, 0.3) is 0 Å². The number of carboxylic acids is 1. The topological polar surface area (TPSA) is 58.6 Å². The highest BCUT2D eigenvalue weighted by Gasteiger charge is 2.50. The van der Waals surface area contributed by atoms with E-state index in [1.807, 2.05) is 0 Å². The van der Waals surface area contributed by atoms with Crippen LogP contribution in [0.1, 0.15) is 39.5 Å². The third kappa shape index (κ3) is 3.69. The molecule has 19 heavy (non-hydrogen) atoms. The fraction of sp³-hybridized carbons (Fsp3) is 0.933. The van der Waals surface area contributed by atoms with Crippen molar-refractivity contribution < 1.29 is 14.6 Å². The minimum Gasteiger partial charge on any atom is -0.481 e. The van der Waals surface area contributed by atoms with Gasteiger partial charge in [-0.3, -0.25) is 4.79 Å². The van der Waals surface area contributed by atoms with Gasteiger partial charge in [0.15, 0.2) is 0 Å². The number of nitrogens with one attached hydrogen (secondary N) is 1. The van der Waals surface area contributed by atoms with Gasteiger partial charge in [0, 0.05) is 19.2 Å². The van der Waals surface area contributed by atoms with Gasteiger partial charge in [0.25, 0.3) is 0 Å². The van der Waals surface area contributed by atoms with Crippen LogP contribution in [0.2, 0.25) is 0 Å². The predicted molar refractivity (Wildman–Crippen MR) is 74.0 cm³/mol. The Balaban J connectivity index is 1.66. The molecule has 0 aromatic rings. The second-order valence-electron chi connectivity index (χ2n) is 6.47. The second kappa shape index (κ2) is 6.71. The highest BCUT2D eigenvalue weighted by molar-refractivity contribution is 5.72. The van der Waals surface area contributed by atoms with E-state index in [0.717, 1.165) is 32.4 Å². The first-order chi connectivity index (χ1) is 9.09. The first-order valence-corrected chi connectivity index (χ1v) is 7.63. The molecule has 2 fully saturated rings. The van der Waals surface area contributed by atoms with Gasteiger partial charge < -0.3 is 15.2 Å². The van der Waals surface area contributed by atoms with E-state index in [9.17, 15) is 9.90 Å². The van der Waals surface area contributed by atoms with Crippen LogP contribution in [0.3, 0.4) is 0 Å². The smallest absolute Gasteiger partial charge is 0.308 e. The number of carboxylic acid groups (broad SMARTS) is 1. The summed E-state index contributed by atoms with van der Waals surface area (Å²) in [6.45, 7) is 6.64. The molecule has 2 N–H and O–H groups in total. The standard InChI is InChI=1S/C15H27NO3/c1-10(2)5-7-19-8-6-16-14-12-4-3-11(9-12)13(14)15(17)18/h10-14,16H,3-9H2,1-2H3,(H,17,18). The fourth-order valence-corrected chi connectivity index (χ4v) is 3.66. The zero-order valence-corrected chi connectivity index (χ0v) is 12.1. The molecule has 110 valence electrons. The Labute approximate surface area is 115 Å². The minimum atomic E-state index is -0.620. The zero-order valence-electron chi connectivity index (χ0n) is 12.1. The van der Waals surface area contributed by atoms with Crippen LogP contribution in [0.15, 0.2) is 0 Å². The largest absolute Gasteiger partial charge is 0.481 e. The summed E-state index contributed by atoms with van der Waals surface area (Å²) in [7, 11) is 0. The Morgan fingerprint density at radius 1 is 1.32 bits per heavy atom. The van der Waals surface area contributed by atoms with Crippen molar-refractivity contribution >= 4 is 5.97 Å². The molecule has 4 nitrogen and oxygen atoms in total. The van der Waals surface area contributed by atoms with Crippen molar-refractivity contribution in [3.63, 3.8) is 0 Å². The zero-order chi connectivity index (χ0) is 13.8. The van der Waals surface area contributed by atoms with Crippen LogP contribution >= 0.6 is 0 Å². The summed E-state index contributed by atoms with van der Waals surface area (Å²) in [6.07, 6.45) is 4.49. The van der Waals surface area contributed by atoms with Crippen LogP contribution in [0.4, 0.5) is 0 Å². The maximum atomic E-state index is 11.3. The molecule has 2 bridgehead atoms. The average Bonchev–Trinajstić information content (AvgIpc) is 2.93. The first kappa shape index (κ1) is 14.8. The van der Waals surface area contributed by atoms with Gasteiger partial charge in [0.2, 0.25) is 0 Å². The summed E-state index contributed by atoms with van der Waals surface area (Å²) in [5.74, 6) is 0.860. The average molecular weight is 269 g/mol. The van der Waals surface area contributed by atoms with E-state index >= 15 is 0 Å². The molecule has 4 heteroatoms. The van der Waals surface area contributed by atoms with Crippen molar-refractivity contribution in [3.05, 3.63) is 0 Å². The molecule has 2 aliphatic carbocycles. The molecular weight excluding hydrogens is 242 g/mol. The molecular formula is C15H27NO3. The molecule has 0 heterocycles. The molecule has 0 spiro atoms. The van der Waals surface area contributed by atoms with Crippen LogP contribution in [-0.4, -0.2) is 36.9 Å². The number of hydrogen-bond donors (Lipinski definition) is 2. The SMILES string of the molecule is CC(C)CCOCCNC1C2CCC(C2)C1C(=O)O.